The number of halogens is 8. The third-order valence-corrected chi connectivity index (χ3v) is 9.53. The number of likely N-dealkylation sites (tertiary alicyclic amines) is 1. The van der Waals surface area contributed by atoms with E-state index in [1.807, 2.05) is 0 Å². The summed E-state index contributed by atoms with van der Waals surface area (Å²) in [7, 11) is -11.6. The molecule has 1 fully saturated rings. The summed E-state index contributed by atoms with van der Waals surface area (Å²) in [5.41, 5.74) is -11.0. The number of aromatic nitrogens is 2. The van der Waals surface area contributed by atoms with Gasteiger partial charge in [-0.25, -0.2) is 8.96 Å². The predicted octanol–water partition coefficient (Wildman–Crippen LogP) is 4.06. The molecule has 0 N–H and O–H groups in total. The molecule has 2 heterocycles. The predicted molar refractivity (Wildman–Crippen MR) is 124 cm³/mol. The third-order valence-electron chi connectivity index (χ3n) is 6.46. The molecule has 1 saturated heterocycles. The quantitative estimate of drug-likeness (QED) is 0.265. The average molecular weight is 644 g/mol. The Kier molecular flexibility index (Phi) is 7.62. The molecule has 0 radical (unpaired) electrons. The maximum absolute atomic E-state index is 13.1. The van der Waals surface area contributed by atoms with E-state index in [4.69, 9.17) is 23.2 Å². The summed E-state index contributed by atoms with van der Waals surface area (Å²) < 4.78 is 127. The van der Waals surface area contributed by atoms with E-state index in [1.165, 1.54) is 4.90 Å². The van der Waals surface area contributed by atoms with E-state index in [0.717, 1.165) is 12.1 Å². The lowest BCUT2D eigenvalue weighted by Crippen LogP contribution is -2.42. The molecule has 39 heavy (non-hydrogen) atoms. The van der Waals surface area contributed by atoms with Crippen LogP contribution in [0.5, 0.6) is 5.75 Å². The van der Waals surface area contributed by atoms with Gasteiger partial charge in [0.2, 0.25) is 5.91 Å². The van der Waals surface area contributed by atoms with Crippen molar-refractivity contribution in [2.24, 2.45) is 5.92 Å². The fourth-order valence-corrected chi connectivity index (χ4v) is 6.54. The van der Waals surface area contributed by atoms with E-state index in [1.54, 1.807) is 0 Å². The van der Waals surface area contributed by atoms with E-state index in [9.17, 15) is 48.0 Å². The van der Waals surface area contributed by atoms with Gasteiger partial charge >= 0.3 is 31.2 Å². The van der Waals surface area contributed by atoms with Crippen molar-refractivity contribution >= 4 is 49.3 Å². The van der Waals surface area contributed by atoms with Gasteiger partial charge < -0.3 is 9.08 Å². The van der Waals surface area contributed by atoms with Gasteiger partial charge in [-0.05, 0) is 31.2 Å². The van der Waals surface area contributed by atoms with Crippen molar-refractivity contribution in [1.29, 1.82) is 0 Å². The second-order valence-electron chi connectivity index (χ2n) is 8.85. The van der Waals surface area contributed by atoms with Gasteiger partial charge in [-0.2, -0.15) is 43.2 Å². The van der Waals surface area contributed by atoms with E-state index in [2.05, 4.69) is 9.17 Å². The number of rotatable bonds is 6. The molecule has 1 aromatic carbocycles. The first-order chi connectivity index (χ1) is 17.8. The fraction of sp³-hybridized carbons (Fsp3) is 0.500. The highest BCUT2D eigenvalue weighted by Crippen LogP contribution is 2.38. The van der Waals surface area contributed by atoms with Crippen molar-refractivity contribution in [1.82, 2.24) is 13.9 Å². The average Bonchev–Trinajstić information content (AvgIpc) is 3.37. The zero-order chi connectivity index (χ0) is 29.1. The lowest BCUT2D eigenvalue weighted by atomic mass is 9.94. The van der Waals surface area contributed by atoms with Gasteiger partial charge in [-0.3, -0.25) is 4.79 Å². The maximum Gasteiger partial charge on any atom is 0.534 e. The number of alkyl halides is 6. The van der Waals surface area contributed by atoms with Crippen molar-refractivity contribution < 1.29 is 52.2 Å². The van der Waals surface area contributed by atoms with Gasteiger partial charge in [0.1, 0.15) is 12.1 Å². The first-order valence-corrected chi connectivity index (χ1v) is 14.6. The number of benzene rings is 1. The molecule has 1 aliphatic heterocycles. The monoisotopic (exact) mass is 643 g/mol. The molecular weight excluding hydrogens is 627 g/mol. The van der Waals surface area contributed by atoms with Gasteiger partial charge in [-0.15, -0.1) is 0 Å². The standard InChI is InChI=1S/C20H17Cl2F6N3O6S2/c21-14-7-12(37-39(35,36)20(26,27)28)8-15(22)13(14)5-10-3-4-30(18(10)32)11-1-2-17-16(6-11)29-9-31(17)38(33,34)19(23,24)25/h7-11H,1-6H2/t10-,11?/m0/s1. The molecule has 1 unspecified atom stereocenters. The number of imidazole rings is 1. The summed E-state index contributed by atoms with van der Waals surface area (Å²) in [5, 5.41) is -0.445. The van der Waals surface area contributed by atoms with E-state index >= 15 is 0 Å². The van der Waals surface area contributed by atoms with E-state index < -0.39 is 48.9 Å². The van der Waals surface area contributed by atoms with Gasteiger partial charge in [0.25, 0.3) is 0 Å². The van der Waals surface area contributed by atoms with Crippen molar-refractivity contribution in [2.75, 3.05) is 6.54 Å². The number of nitrogens with zero attached hydrogens (tertiary/aromatic N) is 3. The van der Waals surface area contributed by atoms with E-state index in [-0.39, 0.29) is 69.1 Å². The Hall–Kier alpha value is -2.24. The Labute approximate surface area is 227 Å². The molecule has 1 aliphatic carbocycles. The normalized spacial score (nSPS) is 20.8. The maximum atomic E-state index is 13.1. The van der Waals surface area contributed by atoms with Gasteiger partial charge in [0, 0.05) is 47.1 Å². The molecular formula is C20H17Cl2F6N3O6S2. The van der Waals surface area contributed by atoms with Crippen LogP contribution >= 0.6 is 23.2 Å². The van der Waals surface area contributed by atoms with Crippen LogP contribution in [0.3, 0.4) is 0 Å². The summed E-state index contributed by atoms with van der Waals surface area (Å²) >= 11 is 12.2. The summed E-state index contributed by atoms with van der Waals surface area (Å²) in [6, 6.07) is 1.20. The zero-order valence-corrected chi connectivity index (χ0v) is 22.4. The Morgan fingerprint density at radius 3 is 2.18 bits per heavy atom. The van der Waals surface area contributed by atoms with Gasteiger partial charge in [0.05, 0.1) is 11.4 Å². The summed E-state index contributed by atoms with van der Waals surface area (Å²) in [5.74, 6) is -1.76. The van der Waals surface area contributed by atoms with Crippen LogP contribution < -0.4 is 4.18 Å². The van der Waals surface area contributed by atoms with Crippen molar-refractivity contribution in [3.05, 3.63) is 45.5 Å². The summed E-state index contributed by atoms with van der Waals surface area (Å²) in [6.45, 7) is 0.269. The smallest absolute Gasteiger partial charge is 0.376 e. The SMILES string of the molecule is O=C1[C@H](Cc2c(Cl)cc(OS(=O)(=O)C(F)(F)F)cc2Cl)CCN1C1CCc2c(ncn2S(=O)(=O)C(F)(F)F)C1. The van der Waals surface area contributed by atoms with Crippen LogP contribution in [0.4, 0.5) is 26.3 Å². The highest BCUT2D eigenvalue weighted by atomic mass is 35.5. The van der Waals surface area contributed by atoms with Gasteiger partial charge in [-0.1, -0.05) is 23.2 Å². The molecule has 1 amide bonds. The first kappa shape index (κ1) is 29.7. The summed E-state index contributed by atoms with van der Waals surface area (Å²) in [6.07, 6.45) is 1.05. The number of carbonyl (C=O) groups excluding carboxylic acids is 1. The lowest BCUT2D eigenvalue weighted by molar-refractivity contribution is -0.133. The minimum absolute atomic E-state index is 0.0320. The second-order valence-corrected chi connectivity index (χ2v) is 13.0. The molecule has 216 valence electrons. The summed E-state index contributed by atoms with van der Waals surface area (Å²) in [4.78, 5) is 18.5. The van der Waals surface area contributed by atoms with Crippen LogP contribution in [-0.4, -0.2) is 60.2 Å². The minimum atomic E-state index is -5.96. The van der Waals surface area contributed by atoms with Crippen molar-refractivity contribution in [2.45, 2.75) is 49.2 Å². The van der Waals surface area contributed by atoms with Crippen LogP contribution in [0.25, 0.3) is 0 Å². The first-order valence-electron chi connectivity index (χ1n) is 11.0. The molecule has 0 bridgehead atoms. The Balaban J connectivity index is 1.46. The van der Waals surface area contributed by atoms with Crippen LogP contribution in [0, 0.1) is 5.92 Å². The lowest BCUT2D eigenvalue weighted by Gasteiger charge is -2.31. The van der Waals surface area contributed by atoms with Crippen molar-refractivity contribution in [3.8, 4) is 5.75 Å². The number of amides is 1. The molecule has 2 aromatic rings. The van der Waals surface area contributed by atoms with Gasteiger partial charge in [0.15, 0.2) is 0 Å². The molecule has 9 nitrogen and oxygen atoms in total. The van der Waals surface area contributed by atoms with Crippen molar-refractivity contribution in [3.63, 3.8) is 0 Å². The van der Waals surface area contributed by atoms with E-state index in [0.29, 0.717) is 12.7 Å². The number of hydrogen-bond donors (Lipinski definition) is 0. The Morgan fingerprint density at radius 1 is 1.00 bits per heavy atom. The highest BCUT2D eigenvalue weighted by Gasteiger charge is 2.50. The molecule has 2 atom stereocenters. The second kappa shape index (κ2) is 9.99. The van der Waals surface area contributed by atoms with Crippen LogP contribution in [0.2, 0.25) is 10.0 Å². The number of hydrogen-bond acceptors (Lipinski definition) is 7. The minimum Gasteiger partial charge on any atom is -0.376 e. The van der Waals surface area contributed by atoms with Crippen LogP contribution in [-0.2, 0) is 44.2 Å². The largest absolute Gasteiger partial charge is 0.534 e. The Bertz CT molecular complexity index is 1500. The number of carbonyl (C=O) groups is 1. The third kappa shape index (κ3) is 5.54. The van der Waals surface area contributed by atoms with Crippen LogP contribution in [0.15, 0.2) is 18.5 Å². The molecule has 0 saturated carbocycles. The Morgan fingerprint density at radius 2 is 1.62 bits per heavy atom. The zero-order valence-electron chi connectivity index (χ0n) is 19.3. The molecule has 1 aromatic heterocycles. The molecule has 2 aliphatic rings. The fourth-order valence-electron chi connectivity index (χ4n) is 4.59. The molecule has 4 rings (SSSR count). The highest BCUT2D eigenvalue weighted by molar-refractivity contribution is 7.90. The molecule has 19 heteroatoms. The molecule has 0 spiro atoms. The topological polar surface area (TPSA) is 116 Å². The number of fused-ring (bicyclic) bond motifs is 1. The van der Waals surface area contributed by atoms with Crippen LogP contribution in [0.1, 0.15) is 29.8 Å².